The van der Waals surface area contributed by atoms with Gasteiger partial charge in [0.05, 0.1) is 19.7 Å². The molecule has 42 heavy (non-hydrogen) atoms. The molecule has 10 nitrogen and oxygen atoms in total. The average Bonchev–Trinajstić information content (AvgIpc) is 3.37. The van der Waals surface area contributed by atoms with Gasteiger partial charge in [-0.15, -0.1) is 0 Å². The van der Waals surface area contributed by atoms with Crippen LogP contribution in [0.2, 0.25) is 0 Å². The van der Waals surface area contributed by atoms with Crippen molar-refractivity contribution in [2.24, 2.45) is 0 Å². The molecule has 2 N–H and O–H groups in total. The zero-order valence-corrected chi connectivity index (χ0v) is 23.9. The molecule has 2 aliphatic rings. The van der Waals surface area contributed by atoms with E-state index in [0.29, 0.717) is 43.1 Å². The van der Waals surface area contributed by atoms with E-state index < -0.39 is 6.09 Å². The van der Waals surface area contributed by atoms with Gasteiger partial charge in [0.25, 0.3) is 5.91 Å². The van der Waals surface area contributed by atoms with Crippen molar-refractivity contribution in [1.82, 2.24) is 15.1 Å². The van der Waals surface area contributed by atoms with Crippen LogP contribution in [0.3, 0.4) is 0 Å². The standard InChI is InChI=1S/C32H37N5O5/c1-2-3-19-41-29(38)22-36-17-15-35(16-18-36)20-26-21-37(32(40)42-26)25-13-11-24(12-14-25)30(33)34-31(39)28-10-6-8-23-7-4-5-9-27(23)28/h4-14,26H,2-3,15-22H2,1H3,(H2,33,34,39). The van der Waals surface area contributed by atoms with Crippen molar-refractivity contribution in [3.63, 3.8) is 0 Å². The Bertz CT molecular complexity index is 1430. The second-order valence-corrected chi connectivity index (χ2v) is 10.7. The van der Waals surface area contributed by atoms with E-state index in [4.69, 9.17) is 14.9 Å². The highest BCUT2D eigenvalue weighted by molar-refractivity contribution is 6.16. The summed E-state index contributed by atoms with van der Waals surface area (Å²) in [5.41, 5.74) is 1.71. The molecule has 0 aromatic heterocycles. The van der Waals surface area contributed by atoms with Crippen LogP contribution in [0, 0.1) is 5.41 Å². The number of cyclic esters (lactones) is 1. The van der Waals surface area contributed by atoms with Gasteiger partial charge in [-0.2, -0.15) is 0 Å². The molecule has 2 saturated heterocycles. The van der Waals surface area contributed by atoms with Gasteiger partial charge in [-0.1, -0.05) is 49.7 Å². The first kappa shape index (κ1) is 29.2. The van der Waals surface area contributed by atoms with Gasteiger partial charge in [0.15, 0.2) is 0 Å². The maximum absolute atomic E-state index is 12.9. The van der Waals surface area contributed by atoms with Crippen molar-refractivity contribution >= 4 is 40.3 Å². The van der Waals surface area contributed by atoms with Gasteiger partial charge in [0.1, 0.15) is 11.9 Å². The number of fused-ring (bicyclic) bond motifs is 1. The molecule has 2 amide bonds. The lowest BCUT2D eigenvalue weighted by Gasteiger charge is -2.34. The van der Waals surface area contributed by atoms with Crippen molar-refractivity contribution in [3.05, 3.63) is 77.9 Å². The van der Waals surface area contributed by atoms with Gasteiger partial charge in [-0.3, -0.25) is 29.7 Å². The Hall–Kier alpha value is -4.28. The molecular formula is C32H37N5O5. The number of carbonyl (C=O) groups is 3. The molecule has 2 fully saturated rings. The van der Waals surface area contributed by atoms with Gasteiger partial charge in [0, 0.05) is 49.5 Å². The minimum Gasteiger partial charge on any atom is -0.465 e. The van der Waals surface area contributed by atoms with Crippen LogP contribution in [0.25, 0.3) is 10.8 Å². The third kappa shape index (κ3) is 7.13. The zero-order valence-electron chi connectivity index (χ0n) is 23.9. The smallest absolute Gasteiger partial charge is 0.414 e. The predicted molar refractivity (Wildman–Crippen MR) is 161 cm³/mol. The summed E-state index contributed by atoms with van der Waals surface area (Å²) in [5, 5.41) is 12.9. The van der Waals surface area contributed by atoms with E-state index in [1.807, 2.05) is 36.4 Å². The molecule has 3 aromatic carbocycles. The second-order valence-electron chi connectivity index (χ2n) is 10.7. The Balaban J connectivity index is 1.10. The molecule has 0 aliphatic carbocycles. The van der Waals surface area contributed by atoms with Crippen LogP contribution in [0.15, 0.2) is 66.7 Å². The summed E-state index contributed by atoms with van der Waals surface area (Å²) < 4.78 is 10.9. The lowest BCUT2D eigenvalue weighted by molar-refractivity contribution is -0.145. The van der Waals surface area contributed by atoms with Crippen molar-refractivity contribution in [1.29, 1.82) is 5.41 Å². The zero-order chi connectivity index (χ0) is 29.5. The van der Waals surface area contributed by atoms with E-state index in [0.717, 1.165) is 49.8 Å². The van der Waals surface area contributed by atoms with Gasteiger partial charge in [-0.05, 0) is 47.5 Å². The highest BCUT2D eigenvalue weighted by Crippen LogP contribution is 2.23. The van der Waals surface area contributed by atoms with E-state index in [1.165, 1.54) is 0 Å². The van der Waals surface area contributed by atoms with E-state index in [1.54, 1.807) is 35.2 Å². The lowest BCUT2D eigenvalue weighted by Crippen LogP contribution is -2.50. The van der Waals surface area contributed by atoms with Crippen molar-refractivity contribution < 1.29 is 23.9 Å². The van der Waals surface area contributed by atoms with Crippen molar-refractivity contribution in [2.75, 3.05) is 57.3 Å². The summed E-state index contributed by atoms with van der Waals surface area (Å²) in [6.07, 6.45) is 1.22. The summed E-state index contributed by atoms with van der Waals surface area (Å²) >= 11 is 0. The first-order valence-corrected chi connectivity index (χ1v) is 14.5. The summed E-state index contributed by atoms with van der Waals surface area (Å²) in [7, 11) is 0. The Labute approximate surface area is 245 Å². The number of unbranched alkanes of at least 4 members (excludes halogenated alkanes) is 1. The second kappa shape index (κ2) is 13.6. The fourth-order valence-electron chi connectivity index (χ4n) is 5.29. The molecule has 220 valence electrons. The Kier molecular flexibility index (Phi) is 9.45. The molecular weight excluding hydrogens is 534 g/mol. The minimum absolute atomic E-state index is 0.0188. The quantitative estimate of drug-likeness (QED) is 0.164. The minimum atomic E-state index is -0.402. The van der Waals surface area contributed by atoms with Crippen LogP contribution in [0.1, 0.15) is 35.7 Å². The third-order valence-corrected chi connectivity index (χ3v) is 7.65. The Morgan fingerprint density at radius 2 is 1.69 bits per heavy atom. The fraction of sp³-hybridized carbons (Fsp3) is 0.375. The van der Waals surface area contributed by atoms with E-state index >= 15 is 0 Å². The summed E-state index contributed by atoms with van der Waals surface area (Å²) in [5.74, 6) is -0.542. The number of carbonyl (C=O) groups excluding carboxylic acids is 3. The SMILES string of the molecule is CCCCOC(=O)CN1CCN(CC2CN(c3ccc(C(=N)NC(=O)c4cccc5ccccc45)cc3)C(=O)O2)CC1. The van der Waals surface area contributed by atoms with Crippen molar-refractivity contribution in [2.45, 2.75) is 25.9 Å². The first-order chi connectivity index (χ1) is 20.4. The van der Waals surface area contributed by atoms with Gasteiger partial charge in [-0.25, -0.2) is 4.79 Å². The number of rotatable bonds is 10. The number of benzene rings is 3. The van der Waals surface area contributed by atoms with Crippen LogP contribution in [-0.4, -0.2) is 92.1 Å². The summed E-state index contributed by atoms with van der Waals surface area (Å²) in [6.45, 7) is 7.01. The number of hydrogen-bond donors (Lipinski definition) is 2. The molecule has 0 bridgehead atoms. The number of amidine groups is 1. The maximum atomic E-state index is 12.9. The van der Waals surface area contributed by atoms with Crippen molar-refractivity contribution in [3.8, 4) is 0 Å². The molecule has 0 saturated carbocycles. The number of anilines is 1. The molecule has 0 radical (unpaired) electrons. The molecule has 0 spiro atoms. The number of esters is 1. The van der Waals surface area contributed by atoms with Gasteiger partial charge < -0.3 is 14.8 Å². The molecule has 3 aromatic rings. The first-order valence-electron chi connectivity index (χ1n) is 14.5. The molecule has 1 unspecified atom stereocenters. The normalized spacial score (nSPS) is 17.7. The molecule has 1 atom stereocenters. The highest BCUT2D eigenvalue weighted by atomic mass is 16.6. The highest BCUT2D eigenvalue weighted by Gasteiger charge is 2.34. The molecule has 2 aliphatic heterocycles. The number of amides is 2. The number of nitrogens with zero attached hydrogens (tertiary/aromatic N) is 3. The van der Waals surface area contributed by atoms with Crippen LogP contribution in [0.5, 0.6) is 0 Å². The summed E-state index contributed by atoms with van der Waals surface area (Å²) in [6, 6.07) is 20.1. The predicted octanol–water partition coefficient (Wildman–Crippen LogP) is 3.88. The average molecular weight is 572 g/mol. The topological polar surface area (TPSA) is 115 Å². The third-order valence-electron chi connectivity index (χ3n) is 7.65. The summed E-state index contributed by atoms with van der Waals surface area (Å²) in [4.78, 5) is 43.5. The van der Waals surface area contributed by atoms with E-state index in [2.05, 4.69) is 22.0 Å². The number of hydrogen-bond acceptors (Lipinski definition) is 8. The lowest BCUT2D eigenvalue weighted by atomic mass is 10.0. The van der Waals surface area contributed by atoms with E-state index in [9.17, 15) is 14.4 Å². The van der Waals surface area contributed by atoms with Crippen LogP contribution >= 0.6 is 0 Å². The molecule has 10 heteroatoms. The van der Waals surface area contributed by atoms with Gasteiger partial charge >= 0.3 is 12.1 Å². The fourth-order valence-corrected chi connectivity index (χ4v) is 5.29. The van der Waals surface area contributed by atoms with Crippen LogP contribution in [0.4, 0.5) is 10.5 Å². The van der Waals surface area contributed by atoms with E-state index in [-0.39, 0.29) is 23.8 Å². The largest absolute Gasteiger partial charge is 0.465 e. The number of ether oxygens (including phenoxy) is 2. The van der Waals surface area contributed by atoms with Crippen LogP contribution < -0.4 is 10.2 Å². The Morgan fingerprint density at radius 1 is 0.976 bits per heavy atom. The molecule has 5 rings (SSSR count). The Morgan fingerprint density at radius 3 is 2.45 bits per heavy atom. The van der Waals surface area contributed by atoms with Gasteiger partial charge in [0.2, 0.25) is 0 Å². The number of nitrogens with one attached hydrogen (secondary N) is 2. The van der Waals surface area contributed by atoms with Crippen LogP contribution in [-0.2, 0) is 14.3 Å². The maximum Gasteiger partial charge on any atom is 0.414 e. The number of piperazine rings is 1. The molecule has 2 heterocycles. The monoisotopic (exact) mass is 571 g/mol.